The Bertz CT molecular complexity index is 965. The molecule has 0 spiro atoms. The SMILES string of the molecule is CC1=C(C(=O)Nc2ccccc2)[C@@H](c2ccc(C)cc2)N2C(=O)CSC2=N1. The summed E-state index contributed by atoms with van der Waals surface area (Å²) in [6.45, 7) is 3.84. The number of anilines is 1. The highest BCUT2D eigenvalue weighted by atomic mass is 32.2. The van der Waals surface area contributed by atoms with E-state index >= 15 is 0 Å². The van der Waals surface area contributed by atoms with Crippen LogP contribution in [0.3, 0.4) is 0 Å². The third-order valence-corrected chi connectivity index (χ3v) is 5.59. The molecule has 4 rings (SSSR count). The van der Waals surface area contributed by atoms with Crippen LogP contribution in [0.2, 0.25) is 0 Å². The zero-order valence-electron chi connectivity index (χ0n) is 15.1. The van der Waals surface area contributed by atoms with Crippen molar-refractivity contribution in [1.29, 1.82) is 0 Å². The molecule has 6 heteroatoms. The van der Waals surface area contributed by atoms with Gasteiger partial charge < -0.3 is 5.32 Å². The van der Waals surface area contributed by atoms with Gasteiger partial charge in [-0.05, 0) is 31.5 Å². The Labute approximate surface area is 162 Å². The van der Waals surface area contributed by atoms with E-state index in [9.17, 15) is 9.59 Å². The summed E-state index contributed by atoms with van der Waals surface area (Å²) in [5, 5.41) is 3.60. The summed E-state index contributed by atoms with van der Waals surface area (Å²) < 4.78 is 0. The second-order valence-corrected chi connectivity index (χ2v) is 7.52. The number of hydrogen-bond donors (Lipinski definition) is 1. The van der Waals surface area contributed by atoms with Gasteiger partial charge in [0.05, 0.1) is 23.1 Å². The van der Waals surface area contributed by atoms with Crippen molar-refractivity contribution in [2.75, 3.05) is 11.1 Å². The summed E-state index contributed by atoms with van der Waals surface area (Å²) in [5.74, 6) is 0.0841. The van der Waals surface area contributed by atoms with Gasteiger partial charge in [-0.2, -0.15) is 0 Å². The number of nitrogens with one attached hydrogen (secondary N) is 1. The Morgan fingerprint density at radius 3 is 2.52 bits per heavy atom. The summed E-state index contributed by atoms with van der Waals surface area (Å²) in [4.78, 5) is 31.9. The fourth-order valence-electron chi connectivity index (χ4n) is 3.32. The van der Waals surface area contributed by atoms with E-state index in [-0.39, 0.29) is 11.8 Å². The average Bonchev–Trinajstić information content (AvgIpc) is 3.02. The van der Waals surface area contributed by atoms with Crippen LogP contribution in [0.15, 0.2) is 70.9 Å². The molecule has 2 aliphatic heterocycles. The summed E-state index contributed by atoms with van der Waals surface area (Å²) >= 11 is 1.42. The highest BCUT2D eigenvalue weighted by molar-refractivity contribution is 8.15. The maximum absolute atomic E-state index is 13.1. The highest BCUT2D eigenvalue weighted by Gasteiger charge is 2.42. The van der Waals surface area contributed by atoms with Crippen molar-refractivity contribution in [3.8, 4) is 0 Å². The van der Waals surface area contributed by atoms with Crippen LogP contribution in [0.1, 0.15) is 24.1 Å². The van der Waals surface area contributed by atoms with Gasteiger partial charge in [0.25, 0.3) is 5.91 Å². The minimum Gasteiger partial charge on any atom is -0.322 e. The van der Waals surface area contributed by atoms with Crippen LogP contribution in [-0.2, 0) is 9.59 Å². The zero-order valence-corrected chi connectivity index (χ0v) is 15.9. The van der Waals surface area contributed by atoms with Crippen LogP contribution in [0.25, 0.3) is 0 Å². The van der Waals surface area contributed by atoms with E-state index in [1.54, 1.807) is 4.90 Å². The quantitative estimate of drug-likeness (QED) is 0.883. The van der Waals surface area contributed by atoms with Crippen LogP contribution in [0.5, 0.6) is 0 Å². The van der Waals surface area contributed by atoms with Crippen molar-refractivity contribution in [2.24, 2.45) is 4.99 Å². The van der Waals surface area contributed by atoms with E-state index in [1.165, 1.54) is 11.8 Å². The van der Waals surface area contributed by atoms with Crippen LogP contribution in [-0.4, -0.2) is 27.6 Å². The first-order valence-electron chi connectivity index (χ1n) is 8.72. The first kappa shape index (κ1) is 17.5. The molecule has 0 radical (unpaired) electrons. The molecule has 0 saturated carbocycles. The van der Waals surface area contributed by atoms with E-state index in [4.69, 9.17) is 0 Å². The molecule has 2 heterocycles. The van der Waals surface area contributed by atoms with Crippen molar-refractivity contribution in [2.45, 2.75) is 19.9 Å². The first-order chi connectivity index (χ1) is 13.0. The van der Waals surface area contributed by atoms with Gasteiger partial charge in [-0.15, -0.1) is 0 Å². The molecule has 0 aromatic heterocycles. The molecular weight excluding hydrogens is 358 g/mol. The molecule has 2 amide bonds. The number of amides is 2. The lowest BCUT2D eigenvalue weighted by molar-refractivity contribution is -0.125. The lowest BCUT2D eigenvalue weighted by Gasteiger charge is -2.33. The number of hydrogen-bond acceptors (Lipinski definition) is 4. The van der Waals surface area contributed by atoms with Crippen LogP contribution in [0, 0.1) is 6.92 Å². The number of carbonyl (C=O) groups excluding carboxylic acids is 2. The number of fused-ring (bicyclic) bond motifs is 1. The number of amidine groups is 1. The predicted molar refractivity (Wildman–Crippen MR) is 108 cm³/mol. The maximum atomic E-state index is 13.1. The molecule has 136 valence electrons. The van der Waals surface area contributed by atoms with Crippen molar-refractivity contribution in [3.63, 3.8) is 0 Å². The van der Waals surface area contributed by atoms with Gasteiger partial charge in [-0.3, -0.25) is 14.5 Å². The largest absolute Gasteiger partial charge is 0.322 e. The molecule has 2 aromatic carbocycles. The number of aliphatic imine (C=N–C) groups is 1. The Hall–Kier alpha value is -2.86. The first-order valence-corrected chi connectivity index (χ1v) is 9.70. The zero-order chi connectivity index (χ0) is 19.0. The van der Waals surface area contributed by atoms with Crippen molar-refractivity contribution in [3.05, 3.63) is 77.0 Å². The number of nitrogens with zero attached hydrogens (tertiary/aromatic N) is 2. The molecule has 5 nitrogen and oxygen atoms in total. The number of rotatable bonds is 3. The lowest BCUT2D eigenvalue weighted by atomic mass is 9.93. The minimum atomic E-state index is -0.468. The average molecular weight is 377 g/mol. The van der Waals surface area contributed by atoms with Crippen molar-refractivity contribution >= 4 is 34.4 Å². The number of carbonyl (C=O) groups is 2. The molecule has 2 aliphatic rings. The van der Waals surface area contributed by atoms with Gasteiger partial charge in [0.1, 0.15) is 0 Å². The fourth-order valence-corrected chi connectivity index (χ4v) is 4.26. The Morgan fingerprint density at radius 2 is 1.81 bits per heavy atom. The number of thioether (sulfide) groups is 1. The lowest BCUT2D eigenvalue weighted by Crippen LogP contribution is -2.40. The number of para-hydroxylation sites is 1. The molecular formula is C21H19N3O2S. The van der Waals surface area contributed by atoms with E-state index < -0.39 is 6.04 Å². The second-order valence-electron chi connectivity index (χ2n) is 6.58. The van der Waals surface area contributed by atoms with Crippen molar-refractivity contribution in [1.82, 2.24) is 4.90 Å². The number of allylic oxidation sites excluding steroid dienone is 1. The minimum absolute atomic E-state index is 0.0261. The molecule has 0 aliphatic carbocycles. The topological polar surface area (TPSA) is 61.8 Å². The van der Waals surface area contributed by atoms with Crippen LogP contribution < -0.4 is 5.32 Å². The molecule has 0 bridgehead atoms. The highest BCUT2D eigenvalue weighted by Crippen LogP contribution is 2.41. The third kappa shape index (κ3) is 3.28. The molecule has 2 aromatic rings. The maximum Gasteiger partial charge on any atom is 0.255 e. The van der Waals surface area contributed by atoms with Gasteiger partial charge in [-0.25, -0.2) is 4.99 Å². The van der Waals surface area contributed by atoms with Crippen LogP contribution >= 0.6 is 11.8 Å². The van der Waals surface area contributed by atoms with Gasteiger partial charge in [-0.1, -0.05) is 59.8 Å². The standard InChI is InChI=1S/C21H19N3O2S/c1-13-8-10-15(11-9-13)19-18(20(26)23-16-6-4-3-5-7-16)14(2)22-21-24(19)17(25)12-27-21/h3-11,19H,12H2,1-2H3,(H,23,26)/t19-/m1/s1. The van der Waals surface area contributed by atoms with Gasteiger partial charge in [0.2, 0.25) is 5.91 Å². The smallest absolute Gasteiger partial charge is 0.255 e. The van der Waals surface area contributed by atoms with E-state index in [2.05, 4.69) is 10.3 Å². The Kier molecular flexibility index (Phi) is 4.58. The Morgan fingerprint density at radius 1 is 1.11 bits per heavy atom. The summed E-state index contributed by atoms with van der Waals surface area (Å²) in [5.41, 5.74) is 3.88. The van der Waals surface area contributed by atoms with E-state index in [0.717, 1.165) is 11.1 Å². The van der Waals surface area contributed by atoms with E-state index in [0.29, 0.717) is 27.9 Å². The normalized spacial score (nSPS) is 19.0. The van der Waals surface area contributed by atoms with Gasteiger partial charge in [0, 0.05) is 5.69 Å². The molecule has 1 atom stereocenters. The third-order valence-electron chi connectivity index (χ3n) is 4.65. The van der Waals surface area contributed by atoms with Crippen molar-refractivity contribution < 1.29 is 9.59 Å². The monoisotopic (exact) mass is 377 g/mol. The number of benzene rings is 2. The number of aryl methyl sites for hydroxylation is 1. The van der Waals surface area contributed by atoms with Gasteiger partial charge in [0.15, 0.2) is 5.17 Å². The predicted octanol–water partition coefficient (Wildman–Crippen LogP) is 3.89. The molecule has 0 unspecified atom stereocenters. The summed E-state index contributed by atoms with van der Waals surface area (Å²) in [6, 6.07) is 16.8. The Balaban J connectivity index is 1.78. The summed E-state index contributed by atoms with van der Waals surface area (Å²) in [7, 11) is 0. The molecule has 1 N–H and O–H groups in total. The second kappa shape index (κ2) is 7.04. The van der Waals surface area contributed by atoms with Gasteiger partial charge >= 0.3 is 0 Å². The summed E-state index contributed by atoms with van der Waals surface area (Å²) in [6.07, 6.45) is 0. The van der Waals surface area contributed by atoms with E-state index in [1.807, 2.05) is 68.4 Å². The van der Waals surface area contributed by atoms with Crippen LogP contribution in [0.4, 0.5) is 5.69 Å². The fraction of sp³-hybridized carbons (Fsp3) is 0.190. The molecule has 1 fully saturated rings. The molecule has 27 heavy (non-hydrogen) atoms. The molecule has 1 saturated heterocycles.